The third kappa shape index (κ3) is 3.70. The van der Waals surface area contributed by atoms with Gasteiger partial charge < -0.3 is 5.73 Å². The summed E-state index contributed by atoms with van der Waals surface area (Å²) in [5.74, 6) is 0. The quantitative estimate of drug-likeness (QED) is 0.806. The first-order valence-corrected chi connectivity index (χ1v) is 7.90. The van der Waals surface area contributed by atoms with E-state index in [2.05, 4.69) is 11.0 Å². The minimum Gasteiger partial charge on any atom is -0.399 e. The van der Waals surface area contributed by atoms with Gasteiger partial charge in [0.05, 0.1) is 0 Å². The van der Waals surface area contributed by atoms with Crippen LogP contribution in [-0.4, -0.2) is 10.9 Å². The average molecular weight is 321 g/mol. The number of rotatable bonds is 5. The Morgan fingerprint density at radius 3 is 2.29 bits per heavy atom. The van der Waals surface area contributed by atoms with E-state index in [4.69, 9.17) is 28.9 Å². The van der Waals surface area contributed by atoms with E-state index in [9.17, 15) is 0 Å². The molecule has 0 heterocycles. The summed E-state index contributed by atoms with van der Waals surface area (Å²) in [6, 6.07) is 14.4. The summed E-state index contributed by atoms with van der Waals surface area (Å²) in [5.41, 5.74) is 8.91. The molecule has 0 radical (unpaired) electrons. The van der Waals surface area contributed by atoms with Crippen molar-refractivity contribution in [2.75, 3.05) is 5.73 Å². The summed E-state index contributed by atoms with van der Waals surface area (Å²) in [4.78, 5) is 2.43. The van der Waals surface area contributed by atoms with Gasteiger partial charge in [0.2, 0.25) is 0 Å². The molecule has 2 N–H and O–H groups in total. The standard InChI is InChI=1S/C17H18Cl2N2/c18-16-5-2-6-17(19)15(16)11-21(14-7-8-14)10-12-3-1-4-13(20)9-12/h1-6,9,14H,7-8,10-11,20H2. The number of halogens is 2. The number of nitrogens with two attached hydrogens (primary N) is 1. The third-order valence-corrected chi connectivity index (χ3v) is 4.53. The molecule has 4 heteroatoms. The number of nitrogens with zero attached hydrogens (tertiary/aromatic N) is 1. The molecule has 0 saturated heterocycles. The van der Waals surface area contributed by atoms with E-state index >= 15 is 0 Å². The zero-order valence-electron chi connectivity index (χ0n) is 11.7. The van der Waals surface area contributed by atoms with Crippen molar-refractivity contribution in [3.63, 3.8) is 0 Å². The van der Waals surface area contributed by atoms with Gasteiger partial charge in [-0.25, -0.2) is 0 Å². The molecule has 1 aliphatic rings. The van der Waals surface area contributed by atoms with E-state index in [1.54, 1.807) is 0 Å². The lowest BCUT2D eigenvalue weighted by molar-refractivity contribution is 0.246. The Labute approximate surface area is 135 Å². The lowest BCUT2D eigenvalue weighted by Crippen LogP contribution is -2.25. The lowest BCUT2D eigenvalue weighted by atomic mass is 10.1. The Balaban J connectivity index is 1.79. The van der Waals surface area contributed by atoms with Crippen molar-refractivity contribution in [2.24, 2.45) is 0 Å². The van der Waals surface area contributed by atoms with E-state index in [1.165, 1.54) is 18.4 Å². The zero-order chi connectivity index (χ0) is 14.8. The SMILES string of the molecule is Nc1cccc(CN(Cc2c(Cl)cccc2Cl)C2CC2)c1. The summed E-state index contributed by atoms with van der Waals surface area (Å²) in [6.07, 6.45) is 2.48. The Morgan fingerprint density at radius 1 is 1.00 bits per heavy atom. The van der Waals surface area contributed by atoms with E-state index in [-0.39, 0.29) is 0 Å². The number of hydrogen-bond acceptors (Lipinski definition) is 2. The minimum absolute atomic E-state index is 0.624. The normalized spacial score (nSPS) is 14.6. The largest absolute Gasteiger partial charge is 0.399 e. The van der Waals surface area contributed by atoms with Crippen molar-refractivity contribution in [1.29, 1.82) is 0 Å². The maximum atomic E-state index is 6.30. The molecular formula is C17H18Cl2N2. The van der Waals surface area contributed by atoms with E-state index < -0.39 is 0 Å². The Bertz CT molecular complexity index is 618. The highest BCUT2D eigenvalue weighted by Gasteiger charge is 2.29. The monoisotopic (exact) mass is 320 g/mol. The predicted octanol–water partition coefficient (Wildman–Crippen LogP) is 4.74. The molecule has 2 aromatic rings. The second-order valence-electron chi connectivity index (χ2n) is 5.58. The molecule has 0 aromatic heterocycles. The average Bonchev–Trinajstić information content (AvgIpc) is 3.26. The predicted molar refractivity (Wildman–Crippen MR) is 89.6 cm³/mol. The smallest absolute Gasteiger partial charge is 0.0465 e. The molecule has 2 aromatic carbocycles. The van der Waals surface area contributed by atoms with Crippen LogP contribution < -0.4 is 5.73 Å². The van der Waals surface area contributed by atoms with Gasteiger partial charge in [0.25, 0.3) is 0 Å². The maximum Gasteiger partial charge on any atom is 0.0465 e. The van der Waals surface area contributed by atoms with E-state index in [0.717, 1.165) is 34.4 Å². The molecule has 0 amide bonds. The summed E-state index contributed by atoms with van der Waals surface area (Å²) in [5, 5.41) is 1.47. The van der Waals surface area contributed by atoms with Crippen LogP contribution in [0.2, 0.25) is 10.0 Å². The van der Waals surface area contributed by atoms with E-state index in [1.807, 2.05) is 36.4 Å². The van der Waals surface area contributed by atoms with Crippen molar-refractivity contribution < 1.29 is 0 Å². The fraction of sp³-hybridized carbons (Fsp3) is 0.294. The molecule has 1 fully saturated rings. The fourth-order valence-corrected chi connectivity index (χ4v) is 3.08. The van der Waals surface area contributed by atoms with Crippen LogP contribution in [0.25, 0.3) is 0 Å². The van der Waals surface area contributed by atoms with Gasteiger partial charge in [-0.15, -0.1) is 0 Å². The van der Waals surface area contributed by atoms with Crippen LogP contribution >= 0.6 is 23.2 Å². The summed E-state index contributed by atoms with van der Waals surface area (Å²) in [6.45, 7) is 1.65. The summed E-state index contributed by atoms with van der Waals surface area (Å²) in [7, 11) is 0. The first-order chi connectivity index (χ1) is 10.1. The van der Waals surface area contributed by atoms with E-state index in [0.29, 0.717) is 6.04 Å². The van der Waals surface area contributed by atoms with Gasteiger partial charge in [0.1, 0.15) is 0 Å². The topological polar surface area (TPSA) is 29.3 Å². The van der Waals surface area contributed by atoms with Crippen LogP contribution in [0, 0.1) is 0 Å². The highest BCUT2D eigenvalue weighted by molar-refractivity contribution is 6.35. The van der Waals surface area contributed by atoms with Gasteiger partial charge >= 0.3 is 0 Å². The van der Waals surface area contributed by atoms with Gasteiger partial charge in [-0.3, -0.25) is 4.90 Å². The molecule has 3 rings (SSSR count). The van der Waals surface area contributed by atoms with Crippen LogP contribution in [0.1, 0.15) is 24.0 Å². The highest BCUT2D eigenvalue weighted by Crippen LogP contribution is 2.33. The molecular weight excluding hydrogens is 303 g/mol. The number of anilines is 1. The van der Waals surface area contributed by atoms with Crippen molar-refractivity contribution >= 4 is 28.9 Å². The van der Waals surface area contributed by atoms with Crippen LogP contribution in [0.5, 0.6) is 0 Å². The highest BCUT2D eigenvalue weighted by atomic mass is 35.5. The first kappa shape index (κ1) is 14.7. The Hall–Kier alpha value is -1.22. The van der Waals surface area contributed by atoms with Crippen molar-refractivity contribution in [1.82, 2.24) is 4.90 Å². The molecule has 0 atom stereocenters. The Morgan fingerprint density at radius 2 is 1.67 bits per heavy atom. The second-order valence-corrected chi connectivity index (χ2v) is 6.40. The molecule has 0 unspecified atom stereocenters. The number of benzene rings is 2. The lowest BCUT2D eigenvalue weighted by Gasteiger charge is -2.23. The fourth-order valence-electron chi connectivity index (χ4n) is 2.57. The Kier molecular flexibility index (Phi) is 4.39. The van der Waals surface area contributed by atoms with Gasteiger partial charge in [-0.1, -0.05) is 41.4 Å². The third-order valence-electron chi connectivity index (χ3n) is 3.82. The van der Waals surface area contributed by atoms with Crippen LogP contribution in [-0.2, 0) is 13.1 Å². The van der Waals surface area contributed by atoms with Crippen LogP contribution in [0.15, 0.2) is 42.5 Å². The van der Waals surface area contributed by atoms with Crippen LogP contribution in [0.4, 0.5) is 5.69 Å². The minimum atomic E-state index is 0.624. The molecule has 2 nitrogen and oxygen atoms in total. The van der Waals surface area contributed by atoms with Gasteiger partial charge in [0, 0.05) is 40.4 Å². The zero-order valence-corrected chi connectivity index (χ0v) is 13.2. The van der Waals surface area contributed by atoms with Crippen molar-refractivity contribution in [2.45, 2.75) is 32.0 Å². The van der Waals surface area contributed by atoms with Crippen molar-refractivity contribution in [3.05, 3.63) is 63.6 Å². The molecule has 0 aliphatic heterocycles. The second kappa shape index (κ2) is 6.27. The first-order valence-electron chi connectivity index (χ1n) is 7.15. The van der Waals surface area contributed by atoms with Gasteiger partial charge in [-0.2, -0.15) is 0 Å². The maximum absolute atomic E-state index is 6.30. The molecule has 0 bridgehead atoms. The van der Waals surface area contributed by atoms with Gasteiger partial charge in [0.15, 0.2) is 0 Å². The van der Waals surface area contributed by atoms with Gasteiger partial charge in [-0.05, 0) is 42.7 Å². The van der Waals surface area contributed by atoms with Crippen molar-refractivity contribution in [3.8, 4) is 0 Å². The number of nitrogen functional groups attached to an aromatic ring is 1. The van der Waals surface area contributed by atoms with Crippen LogP contribution in [0.3, 0.4) is 0 Å². The molecule has 1 saturated carbocycles. The molecule has 1 aliphatic carbocycles. The summed E-state index contributed by atoms with van der Waals surface area (Å²) < 4.78 is 0. The number of hydrogen-bond donors (Lipinski definition) is 1. The molecule has 0 spiro atoms. The molecule has 21 heavy (non-hydrogen) atoms. The summed E-state index contributed by atoms with van der Waals surface area (Å²) >= 11 is 12.6. The molecule has 110 valence electrons.